The van der Waals surface area contributed by atoms with E-state index in [1.807, 2.05) is 0 Å². The number of nitrogens with one attached hydrogen (secondary N) is 1. The molecule has 1 heterocycles. The molecule has 3 rings (SSSR count). The molecule has 9 heteroatoms. The normalized spacial score (nSPS) is 11.4. The van der Waals surface area contributed by atoms with Crippen molar-refractivity contribution in [2.24, 2.45) is 5.73 Å². The number of carbonyl (C=O) groups is 1. The number of aromatic hydroxyl groups is 1. The lowest BCUT2D eigenvalue weighted by atomic mass is 9.98. The fourth-order valence-electron chi connectivity index (χ4n) is 2.71. The molecule has 27 heavy (non-hydrogen) atoms. The largest absolute Gasteiger partial charge is 0.508 e. The third kappa shape index (κ3) is 3.57. The molecule has 3 aromatic rings. The van der Waals surface area contributed by atoms with E-state index in [0.717, 1.165) is 10.7 Å². The van der Waals surface area contributed by atoms with E-state index in [-0.39, 0.29) is 28.3 Å². The Hall–Kier alpha value is -3.49. The molecule has 6 nitrogen and oxygen atoms in total. The van der Waals surface area contributed by atoms with Gasteiger partial charge in [0.2, 0.25) is 0 Å². The molecule has 0 bridgehead atoms. The molecule has 0 saturated heterocycles. The third-order valence-electron chi connectivity index (χ3n) is 3.95. The molecule has 4 N–H and O–H groups in total. The number of halogens is 3. The van der Waals surface area contributed by atoms with E-state index in [9.17, 15) is 23.1 Å². The Balaban J connectivity index is 2.16. The van der Waals surface area contributed by atoms with Crippen molar-refractivity contribution in [3.63, 3.8) is 0 Å². The van der Waals surface area contributed by atoms with Gasteiger partial charge in [-0.2, -0.15) is 18.3 Å². The summed E-state index contributed by atoms with van der Waals surface area (Å²) in [5.74, 6) is -0.938. The monoisotopic (exact) mass is 376 g/mol. The summed E-state index contributed by atoms with van der Waals surface area (Å²) in [5.41, 5.74) is 4.81. The van der Waals surface area contributed by atoms with Gasteiger partial charge in [-0.15, -0.1) is 0 Å². The predicted octanol–water partition coefficient (Wildman–Crippen LogP) is 3.40. The highest BCUT2D eigenvalue weighted by Crippen LogP contribution is 2.39. The molecule has 1 aromatic heterocycles. The minimum absolute atomic E-state index is 0.0804. The van der Waals surface area contributed by atoms with E-state index in [0.29, 0.717) is 5.69 Å². The van der Waals surface area contributed by atoms with E-state index in [1.165, 1.54) is 42.6 Å². The average Bonchev–Trinajstić information content (AvgIpc) is 3.05. The maximum absolute atomic E-state index is 13.6. The van der Waals surface area contributed by atoms with Crippen LogP contribution in [-0.2, 0) is 6.18 Å². The molecule has 0 aliphatic carbocycles. The molecule has 0 spiro atoms. The van der Waals surface area contributed by atoms with Crippen LogP contribution in [0, 0.1) is 0 Å². The van der Waals surface area contributed by atoms with Crippen molar-refractivity contribution in [2.45, 2.75) is 6.18 Å². The predicted molar refractivity (Wildman–Crippen MR) is 93.7 cm³/mol. The molecule has 0 saturated carbocycles. The molecule has 140 valence electrons. The Labute approximate surface area is 152 Å². The lowest BCUT2D eigenvalue weighted by Gasteiger charge is -2.15. The van der Waals surface area contributed by atoms with Gasteiger partial charge < -0.3 is 16.2 Å². The van der Waals surface area contributed by atoms with Gasteiger partial charge in [0.1, 0.15) is 5.75 Å². The second-order valence-electron chi connectivity index (χ2n) is 5.73. The maximum Gasteiger partial charge on any atom is 0.417 e. The van der Waals surface area contributed by atoms with E-state index in [2.05, 4.69) is 10.4 Å². The van der Waals surface area contributed by atoms with Crippen LogP contribution >= 0.6 is 0 Å². The van der Waals surface area contributed by atoms with Crippen molar-refractivity contribution in [1.82, 2.24) is 9.78 Å². The van der Waals surface area contributed by atoms with Crippen LogP contribution in [0.3, 0.4) is 0 Å². The zero-order valence-electron chi connectivity index (χ0n) is 14.1. The summed E-state index contributed by atoms with van der Waals surface area (Å²) in [6.45, 7) is 0. The number of hydrogen-bond acceptors (Lipinski definition) is 4. The van der Waals surface area contributed by atoms with Gasteiger partial charge in [0.05, 0.1) is 23.1 Å². The summed E-state index contributed by atoms with van der Waals surface area (Å²) < 4.78 is 42.0. The van der Waals surface area contributed by atoms with Crippen LogP contribution in [0.25, 0.3) is 16.8 Å². The number of rotatable bonds is 4. The van der Waals surface area contributed by atoms with Gasteiger partial charge in [0.15, 0.2) is 5.69 Å². The molecule has 0 unspecified atom stereocenters. The van der Waals surface area contributed by atoms with Gasteiger partial charge in [-0.05, 0) is 35.4 Å². The van der Waals surface area contributed by atoms with Crippen LogP contribution in [0.5, 0.6) is 5.75 Å². The number of carbonyl (C=O) groups excluding carboxylic acids is 1. The number of alkyl halides is 3. The lowest BCUT2D eigenvalue weighted by Crippen LogP contribution is -2.14. The Kier molecular flexibility index (Phi) is 4.52. The summed E-state index contributed by atoms with van der Waals surface area (Å²) in [6.07, 6.45) is -3.26. The second kappa shape index (κ2) is 6.67. The molecule has 0 aliphatic rings. The van der Waals surface area contributed by atoms with Crippen LogP contribution in [0.1, 0.15) is 16.1 Å². The molecule has 1 amide bonds. The number of amides is 1. The number of phenols is 1. The van der Waals surface area contributed by atoms with E-state index < -0.39 is 17.6 Å². The number of phenolic OH excluding ortho intramolecular Hbond substituents is 1. The zero-order chi connectivity index (χ0) is 19.8. The quantitative estimate of drug-likeness (QED) is 0.651. The van der Waals surface area contributed by atoms with Crippen molar-refractivity contribution >= 4 is 11.6 Å². The van der Waals surface area contributed by atoms with Crippen LogP contribution in [0.2, 0.25) is 0 Å². The Morgan fingerprint density at radius 2 is 1.96 bits per heavy atom. The van der Waals surface area contributed by atoms with Gasteiger partial charge in [-0.25, -0.2) is 4.68 Å². The molecule has 0 fully saturated rings. The van der Waals surface area contributed by atoms with Crippen molar-refractivity contribution in [3.05, 3.63) is 59.9 Å². The molecular weight excluding hydrogens is 361 g/mol. The smallest absolute Gasteiger partial charge is 0.417 e. The van der Waals surface area contributed by atoms with Gasteiger partial charge in [0.25, 0.3) is 5.91 Å². The first-order valence-corrected chi connectivity index (χ1v) is 7.79. The number of primary amides is 1. The van der Waals surface area contributed by atoms with Gasteiger partial charge >= 0.3 is 6.18 Å². The van der Waals surface area contributed by atoms with Crippen LogP contribution in [0.4, 0.5) is 18.9 Å². The second-order valence-corrected chi connectivity index (χ2v) is 5.73. The molecule has 0 aliphatic heterocycles. The van der Waals surface area contributed by atoms with Crippen LogP contribution in [-0.4, -0.2) is 27.8 Å². The maximum atomic E-state index is 13.6. The SMILES string of the molecule is CNc1cn(-c2ccc(-c3cccc(O)c3)c(C(F)(F)F)c2)nc1C(N)=O. The fraction of sp³-hybridized carbons (Fsp3) is 0.111. The summed E-state index contributed by atoms with van der Waals surface area (Å²) >= 11 is 0. The van der Waals surface area contributed by atoms with E-state index >= 15 is 0 Å². The minimum atomic E-state index is -4.64. The van der Waals surface area contributed by atoms with Gasteiger partial charge in [-0.3, -0.25) is 4.79 Å². The number of benzene rings is 2. The van der Waals surface area contributed by atoms with Gasteiger partial charge in [-0.1, -0.05) is 18.2 Å². The fourth-order valence-corrected chi connectivity index (χ4v) is 2.71. The number of hydrogen-bond donors (Lipinski definition) is 3. The highest BCUT2D eigenvalue weighted by molar-refractivity contribution is 5.96. The number of nitrogens with zero attached hydrogens (tertiary/aromatic N) is 2. The van der Waals surface area contributed by atoms with Crippen molar-refractivity contribution in [3.8, 4) is 22.6 Å². The standard InChI is InChI=1S/C18H15F3N4O2/c1-23-15-9-25(24-16(15)17(22)27)11-5-6-13(14(8-11)18(19,20)21)10-3-2-4-12(26)7-10/h2-9,23,26H,1H3,(H2,22,27). The highest BCUT2D eigenvalue weighted by Gasteiger charge is 2.34. The minimum Gasteiger partial charge on any atom is -0.508 e. The molecule has 0 radical (unpaired) electrons. The summed E-state index contributed by atoms with van der Waals surface area (Å²) in [6, 6.07) is 9.22. The van der Waals surface area contributed by atoms with Crippen molar-refractivity contribution < 1.29 is 23.1 Å². The van der Waals surface area contributed by atoms with E-state index in [4.69, 9.17) is 5.73 Å². The Morgan fingerprint density at radius 1 is 1.22 bits per heavy atom. The Morgan fingerprint density at radius 3 is 2.52 bits per heavy atom. The van der Waals surface area contributed by atoms with Gasteiger partial charge in [0, 0.05) is 7.05 Å². The molecule has 2 aromatic carbocycles. The lowest BCUT2D eigenvalue weighted by molar-refractivity contribution is -0.137. The zero-order valence-corrected chi connectivity index (χ0v) is 14.1. The highest BCUT2D eigenvalue weighted by atomic mass is 19.4. The first kappa shape index (κ1) is 18.3. The van der Waals surface area contributed by atoms with Crippen molar-refractivity contribution in [1.29, 1.82) is 0 Å². The Bertz CT molecular complexity index is 1010. The first-order chi connectivity index (χ1) is 12.7. The molecular formula is C18H15F3N4O2. The van der Waals surface area contributed by atoms with Crippen LogP contribution < -0.4 is 11.1 Å². The van der Waals surface area contributed by atoms with Crippen molar-refractivity contribution in [2.75, 3.05) is 12.4 Å². The summed E-state index contributed by atoms with van der Waals surface area (Å²) in [7, 11) is 1.54. The number of anilines is 1. The topological polar surface area (TPSA) is 93.2 Å². The summed E-state index contributed by atoms with van der Waals surface area (Å²) in [4.78, 5) is 11.4. The molecule has 0 atom stereocenters. The number of nitrogens with two attached hydrogens (primary N) is 1. The van der Waals surface area contributed by atoms with Crippen LogP contribution in [0.15, 0.2) is 48.7 Å². The third-order valence-corrected chi connectivity index (χ3v) is 3.95. The first-order valence-electron chi connectivity index (χ1n) is 7.79. The van der Waals surface area contributed by atoms with E-state index in [1.54, 1.807) is 7.05 Å². The summed E-state index contributed by atoms with van der Waals surface area (Å²) in [5, 5.41) is 16.3. The number of aromatic nitrogens is 2. The average molecular weight is 376 g/mol.